The average Bonchev–Trinajstić information content (AvgIpc) is 2.96. The quantitative estimate of drug-likeness (QED) is 0.876. The number of carboxylic acids is 1. The van der Waals surface area contributed by atoms with Gasteiger partial charge in [-0.05, 0) is 41.7 Å². The zero-order chi connectivity index (χ0) is 11.1. The number of carbonyl (C=O) groups is 1. The number of rotatable bonds is 3. The first-order valence-corrected chi connectivity index (χ1v) is 6.69. The lowest BCUT2D eigenvalue weighted by atomic mass is 9.89. The van der Waals surface area contributed by atoms with Crippen LogP contribution >= 0.6 is 11.3 Å². The van der Waals surface area contributed by atoms with Crippen LogP contribution in [0.5, 0.6) is 0 Å². The second kappa shape index (κ2) is 3.86. The standard InChI is InChI=1S/C12H15NO2S/c14-12(15)10-5-9-1-2-11(10)13(9)6-8-3-4-16-7-8/h3-4,7,9-11H,1-2,5-6H2,(H,14,15). The van der Waals surface area contributed by atoms with Crippen LogP contribution in [0.15, 0.2) is 16.8 Å². The van der Waals surface area contributed by atoms with E-state index in [1.54, 1.807) is 11.3 Å². The van der Waals surface area contributed by atoms with Crippen molar-refractivity contribution in [1.82, 2.24) is 4.90 Å². The molecule has 2 aliphatic heterocycles. The second-order valence-electron chi connectivity index (χ2n) is 4.78. The molecule has 3 unspecified atom stereocenters. The Bertz CT molecular complexity index is 390. The van der Waals surface area contributed by atoms with E-state index < -0.39 is 5.97 Å². The molecule has 0 spiro atoms. The van der Waals surface area contributed by atoms with E-state index in [0.29, 0.717) is 6.04 Å². The van der Waals surface area contributed by atoms with Gasteiger partial charge in [-0.3, -0.25) is 9.69 Å². The molecule has 2 fully saturated rings. The summed E-state index contributed by atoms with van der Waals surface area (Å²) in [6, 6.07) is 2.92. The highest BCUT2D eigenvalue weighted by Crippen LogP contribution is 2.42. The Morgan fingerprint density at radius 3 is 3.06 bits per heavy atom. The van der Waals surface area contributed by atoms with Gasteiger partial charge in [0.1, 0.15) is 0 Å². The van der Waals surface area contributed by atoms with Crippen LogP contribution in [0, 0.1) is 5.92 Å². The fraction of sp³-hybridized carbons (Fsp3) is 0.583. The van der Waals surface area contributed by atoms with E-state index in [4.69, 9.17) is 5.11 Å². The van der Waals surface area contributed by atoms with Crippen LogP contribution in [0.25, 0.3) is 0 Å². The van der Waals surface area contributed by atoms with Crippen LogP contribution < -0.4 is 0 Å². The summed E-state index contributed by atoms with van der Waals surface area (Å²) in [4.78, 5) is 13.5. The maximum atomic E-state index is 11.1. The molecule has 3 heterocycles. The molecule has 1 aromatic heterocycles. The first-order valence-electron chi connectivity index (χ1n) is 5.75. The summed E-state index contributed by atoms with van der Waals surface area (Å²) in [5.74, 6) is -0.736. The predicted molar refractivity (Wildman–Crippen MR) is 62.4 cm³/mol. The van der Waals surface area contributed by atoms with Crippen LogP contribution in [0.2, 0.25) is 0 Å². The summed E-state index contributed by atoms with van der Waals surface area (Å²) >= 11 is 1.71. The molecule has 0 aromatic carbocycles. The second-order valence-corrected chi connectivity index (χ2v) is 5.56. The monoisotopic (exact) mass is 237 g/mol. The van der Waals surface area contributed by atoms with E-state index in [-0.39, 0.29) is 12.0 Å². The molecule has 2 saturated heterocycles. The molecule has 1 N–H and O–H groups in total. The van der Waals surface area contributed by atoms with E-state index >= 15 is 0 Å². The molecule has 3 rings (SSSR count). The molecule has 3 atom stereocenters. The summed E-state index contributed by atoms with van der Waals surface area (Å²) in [5.41, 5.74) is 1.33. The van der Waals surface area contributed by atoms with Crippen molar-refractivity contribution in [2.24, 2.45) is 5.92 Å². The van der Waals surface area contributed by atoms with E-state index in [1.165, 1.54) is 12.0 Å². The smallest absolute Gasteiger partial charge is 0.308 e. The van der Waals surface area contributed by atoms with Crippen molar-refractivity contribution in [2.45, 2.75) is 37.9 Å². The van der Waals surface area contributed by atoms with Crippen molar-refractivity contribution >= 4 is 17.3 Å². The summed E-state index contributed by atoms with van der Waals surface area (Å²) in [5, 5.41) is 13.4. The van der Waals surface area contributed by atoms with Gasteiger partial charge in [0.25, 0.3) is 0 Å². The molecule has 86 valence electrons. The predicted octanol–water partition coefficient (Wildman–Crippen LogP) is 2.19. The molecule has 2 bridgehead atoms. The van der Waals surface area contributed by atoms with Gasteiger partial charge in [-0.15, -0.1) is 0 Å². The van der Waals surface area contributed by atoms with Crippen LogP contribution in [0.3, 0.4) is 0 Å². The molecule has 4 heteroatoms. The molecule has 1 aromatic rings. The SMILES string of the molecule is O=C(O)C1CC2CCC1N2Cc1ccsc1. The number of aliphatic carboxylic acids is 1. The van der Waals surface area contributed by atoms with Crippen molar-refractivity contribution in [3.63, 3.8) is 0 Å². The molecular weight excluding hydrogens is 222 g/mol. The van der Waals surface area contributed by atoms with Gasteiger partial charge >= 0.3 is 5.97 Å². The zero-order valence-electron chi connectivity index (χ0n) is 9.00. The van der Waals surface area contributed by atoms with Crippen molar-refractivity contribution in [1.29, 1.82) is 0 Å². The molecule has 0 amide bonds. The van der Waals surface area contributed by atoms with Gasteiger partial charge in [-0.1, -0.05) is 0 Å². The maximum Gasteiger partial charge on any atom is 0.308 e. The van der Waals surface area contributed by atoms with Crippen LogP contribution in [-0.4, -0.2) is 28.1 Å². The number of carboxylic acid groups (broad SMARTS) is 1. The van der Waals surface area contributed by atoms with Gasteiger partial charge in [0, 0.05) is 18.6 Å². The molecule has 0 radical (unpaired) electrons. The number of thiophene rings is 1. The molecular formula is C12H15NO2S. The first kappa shape index (κ1) is 10.3. The Labute approximate surface area is 98.7 Å². The minimum Gasteiger partial charge on any atom is -0.481 e. The fourth-order valence-electron chi connectivity index (χ4n) is 3.21. The van der Waals surface area contributed by atoms with Gasteiger partial charge in [-0.25, -0.2) is 0 Å². The van der Waals surface area contributed by atoms with E-state index in [1.807, 2.05) is 0 Å². The molecule has 2 aliphatic rings. The highest BCUT2D eigenvalue weighted by Gasteiger charge is 2.48. The van der Waals surface area contributed by atoms with Gasteiger partial charge in [0.05, 0.1) is 5.92 Å². The van der Waals surface area contributed by atoms with Crippen molar-refractivity contribution in [3.05, 3.63) is 22.4 Å². The van der Waals surface area contributed by atoms with Crippen LogP contribution in [0.1, 0.15) is 24.8 Å². The topological polar surface area (TPSA) is 40.5 Å². The number of nitrogens with zero attached hydrogens (tertiary/aromatic N) is 1. The summed E-state index contributed by atoms with van der Waals surface area (Å²) in [6.45, 7) is 0.933. The third-order valence-electron chi connectivity index (χ3n) is 3.94. The van der Waals surface area contributed by atoms with Crippen molar-refractivity contribution in [2.75, 3.05) is 0 Å². The first-order chi connectivity index (χ1) is 7.75. The Kier molecular flexibility index (Phi) is 2.48. The van der Waals surface area contributed by atoms with E-state index in [9.17, 15) is 4.79 Å². The number of fused-ring (bicyclic) bond motifs is 2. The highest BCUT2D eigenvalue weighted by molar-refractivity contribution is 7.07. The van der Waals surface area contributed by atoms with Crippen LogP contribution in [0.4, 0.5) is 0 Å². The largest absolute Gasteiger partial charge is 0.481 e. The van der Waals surface area contributed by atoms with Crippen molar-refractivity contribution in [3.8, 4) is 0 Å². The number of hydrogen-bond donors (Lipinski definition) is 1. The lowest BCUT2D eigenvalue weighted by Gasteiger charge is -2.22. The molecule has 16 heavy (non-hydrogen) atoms. The fourth-order valence-corrected chi connectivity index (χ4v) is 3.87. The summed E-state index contributed by atoms with van der Waals surface area (Å²) in [6.07, 6.45) is 3.09. The summed E-state index contributed by atoms with van der Waals surface area (Å²) in [7, 11) is 0. The van der Waals surface area contributed by atoms with Crippen molar-refractivity contribution < 1.29 is 9.90 Å². The normalized spacial score (nSPS) is 33.4. The Hall–Kier alpha value is -0.870. The molecule has 3 nitrogen and oxygen atoms in total. The maximum absolute atomic E-state index is 11.1. The van der Waals surface area contributed by atoms with Gasteiger partial charge in [0.15, 0.2) is 0 Å². The van der Waals surface area contributed by atoms with Gasteiger partial charge in [-0.2, -0.15) is 11.3 Å². The summed E-state index contributed by atoms with van der Waals surface area (Å²) < 4.78 is 0. The van der Waals surface area contributed by atoms with Gasteiger partial charge < -0.3 is 5.11 Å². The third kappa shape index (κ3) is 1.57. The lowest BCUT2D eigenvalue weighted by molar-refractivity contribution is -0.142. The average molecular weight is 237 g/mol. The molecule has 0 saturated carbocycles. The Morgan fingerprint density at radius 2 is 2.44 bits per heavy atom. The molecule has 0 aliphatic carbocycles. The van der Waals surface area contributed by atoms with E-state index in [2.05, 4.69) is 21.7 Å². The number of hydrogen-bond acceptors (Lipinski definition) is 3. The Morgan fingerprint density at radius 1 is 1.56 bits per heavy atom. The minimum absolute atomic E-state index is 0.127. The minimum atomic E-state index is -0.609. The zero-order valence-corrected chi connectivity index (χ0v) is 9.82. The van der Waals surface area contributed by atoms with Crippen LogP contribution in [-0.2, 0) is 11.3 Å². The third-order valence-corrected chi connectivity index (χ3v) is 4.68. The van der Waals surface area contributed by atoms with E-state index in [0.717, 1.165) is 19.4 Å². The highest BCUT2D eigenvalue weighted by atomic mass is 32.1. The van der Waals surface area contributed by atoms with Gasteiger partial charge in [0.2, 0.25) is 0 Å². The lowest BCUT2D eigenvalue weighted by Crippen LogP contribution is -2.32. The Balaban J connectivity index is 1.75.